The normalized spacial score (nSPS) is 31.1. The van der Waals surface area contributed by atoms with Crippen LogP contribution in [0.5, 0.6) is 5.75 Å². The summed E-state index contributed by atoms with van der Waals surface area (Å²) in [4.78, 5) is 15.6. The molecule has 7 rings (SSSR count). The maximum Gasteiger partial charge on any atom is 0.270 e. The van der Waals surface area contributed by atoms with Gasteiger partial charge in [-0.05, 0) is 111 Å². The number of amides is 1. The number of thiocarbonyl (C=S) groups is 1. The molecule has 2 aromatic rings. The Kier molecular flexibility index (Phi) is 5.78. The summed E-state index contributed by atoms with van der Waals surface area (Å²) >= 11 is 13.1. The van der Waals surface area contributed by atoms with Crippen LogP contribution in [0.15, 0.2) is 47.4 Å². The molecule has 4 bridgehead atoms. The molecule has 1 saturated heterocycles. The number of thioether (sulfide) groups is 1. The van der Waals surface area contributed by atoms with Crippen molar-refractivity contribution in [2.45, 2.75) is 50.9 Å². The van der Waals surface area contributed by atoms with Crippen molar-refractivity contribution in [2.24, 2.45) is 17.8 Å². The van der Waals surface area contributed by atoms with Crippen LogP contribution in [0.4, 0.5) is 5.69 Å². The molecule has 4 aliphatic carbocycles. The van der Waals surface area contributed by atoms with Crippen LogP contribution < -0.4 is 9.64 Å². The second-order valence-corrected chi connectivity index (χ2v) is 12.5. The van der Waals surface area contributed by atoms with Gasteiger partial charge in [-0.25, -0.2) is 0 Å². The van der Waals surface area contributed by atoms with E-state index in [4.69, 9.17) is 28.6 Å². The van der Waals surface area contributed by atoms with Gasteiger partial charge in [0.15, 0.2) is 4.32 Å². The second-order valence-electron chi connectivity index (χ2n) is 10.4. The van der Waals surface area contributed by atoms with E-state index in [1.54, 1.807) is 17.0 Å². The van der Waals surface area contributed by atoms with Gasteiger partial charge >= 0.3 is 0 Å². The van der Waals surface area contributed by atoms with Gasteiger partial charge in [0, 0.05) is 10.6 Å². The molecule has 6 heteroatoms. The highest BCUT2D eigenvalue weighted by molar-refractivity contribution is 8.27. The fraction of sp³-hybridized carbons (Fsp3) is 0.429. The first kappa shape index (κ1) is 22.6. The van der Waals surface area contributed by atoms with Crippen molar-refractivity contribution in [3.63, 3.8) is 0 Å². The predicted molar refractivity (Wildman–Crippen MR) is 145 cm³/mol. The predicted octanol–water partition coefficient (Wildman–Crippen LogP) is 7.61. The Morgan fingerprint density at radius 1 is 1.12 bits per heavy atom. The van der Waals surface area contributed by atoms with Gasteiger partial charge in [-0.15, -0.1) is 0 Å². The maximum absolute atomic E-state index is 13.4. The molecule has 2 aromatic carbocycles. The zero-order valence-corrected chi connectivity index (χ0v) is 21.6. The lowest BCUT2D eigenvalue weighted by Crippen LogP contribution is -2.48. The minimum atomic E-state index is -0.111. The van der Waals surface area contributed by atoms with E-state index in [9.17, 15) is 4.79 Å². The third-order valence-corrected chi connectivity index (χ3v) is 9.64. The SMILES string of the molecule is CCOc1ccc(C23CC4CC(CC(C4)C2)C3)cc1/C=C1\SC(=S)N(c2cccc(Cl)c2)C1=O. The largest absolute Gasteiger partial charge is 0.493 e. The quantitative estimate of drug-likeness (QED) is 0.306. The lowest BCUT2D eigenvalue weighted by molar-refractivity contribution is -0.113. The first-order valence-corrected chi connectivity index (χ1v) is 13.9. The van der Waals surface area contributed by atoms with Crippen molar-refractivity contribution in [3.05, 3.63) is 63.5 Å². The highest BCUT2D eigenvalue weighted by Crippen LogP contribution is 2.61. The van der Waals surface area contributed by atoms with Gasteiger partial charge in [-0.3, -0.25) is 9.69 Å². The number of carbonyl (C=O) groups excluding carboxylic acids is 1. The van der Waals surface area contributed by atoms with Crippen LogP contribution in [-0.4, -0.2) is 16.8 Å². The molecule has 1 amide bonds. The molecular formula is C28H28ClNO2S2. The smallest absolute Gasteiger partial charge is 0.270 e. The van der Waals surface area contributed by atoms with Crippen LogP contribution in [0.3, 0.4) is 0 Å². The van der Waals surface area contributed by atoms with Crippen molar-refractivity contribution in [3.8, 4) is 5.75 Å². The molecule has 0 unspecified atom stereocenters. The first-order valence-electron chi connectivity index (χ1n) is 12.2. The molecule has 1 heterocycles. The molecular weight excluding hydrogens is 482 g/mol. The van der Waals surface area contributed by atoms with Crippen LogP contribution in [0.25, 0.3) is 6.08 Å². The van der Waals surface area contributed by atoms with E-state index in [0.717, 1.165) is 29.1 Å². The van der Waals surface area contributed by atoms with Crippen LogP contribution in [0, 0.1) is 17.8 Å². The minimum Gasteiger partial charge on any atom is -0.493 e. The lowest BCUT2D eigenvalue weighted by Gasteiger charge is -2.57. The number of halogens is 1. The minimum absolute atomic E-state index is 0.111. The van der Waals surface area contributed by atoms with Gasteiger partial charge in [0.25, 0.3) is 5.91 Å². The summed E-state index contributed by atoms with van der Waals surface area (Å²) < 4.78 is 6.50. The monoisotopic (exact) mass is 509 g/mol. The Morgan fingerprint density at radius 2 is 1.82 bits per heavy atom. The first-order chi connectivity index (χ1) is 16.4. The van der Waals surface area contributed by atoms with E-state index in [-0.39, 0.29) is 5.91 Å². The summed E-state index contributed by atoms with van der Waals surface area (Å²) in [6.07, 6.45) is 10.2. The van der Waals surface area contributed by atoms with E-state index in [1.165, 1.54) is 55.9 Å². The second kappa shape index (κ2) is 8.69. The Bertz CT molecular complexity index is 1170. The molecule has 0 N–H and O–H groups in total. The topological polar surface area (TPSA) is 29.5 Å². The molecule has 1 aliphatic heterocycles. The average molecular weight is 510 g/mol. The van der Waals surface area contributed by atoms with Crippen LogP contribution in [0.1, 0.15) is 56.6 Å². The third kappa shape index (κ3) is 3.90. The number of ether oxygens (including phenoxy) is 1. The lowest BCUT2D eigenvalue weighted by atomic mass is 9.48. The van der Waals surface area contributed by atoms with E-state index in [0.29, 0.717) is 32.0 Å². The fourth-order valence-corrected chi connectivity index (χ4v) is 8.66. The van der Waals surface area contributed by atoms with Crippen molar-refractivity contribution < 1.29 is 9.53 Å². The molecule has 0 atom stereocenters. The standard InChI is InChI=1S/C28H28ClNO2S2/c1-2-32-24-7-6-21(28-14-17-8-18(15-28)10-19(9-17)16-28)11-20(24)12-25-26(31)30(27(33)34-25)23-5-3-4-22(29)13-23/h3-7,11-13,17-19H,2,8-10,14-16H2,1H3/b25-12-. The number of carbonyl (C=O) groups is 1. The Balaban J connectivity index is 1.36. The van der Waals surface area contributed by atoms with E-state index in [2.05, 4.69) is 18.2 Å². The molecule has 0 aromatic heterocycles. The van der Waals surface area contributed by atoms with E-state index in [1.807, 2.05) is 25.1 Å². The van der Waals surface area contributed by atoms with E-state index < -0.39 is 0 Å². The molecule has 5 aliphatic rings. The van der Waals surface area contributed by atoms with Crippen LogP contribution >= 0.6 is 35.6 Å². The van der Waals surface area contributed by atoms with Crippen molar-refractivity contribution >= 4 is 57.6 Å². The highest BCUT2D eigenvalue weighted by Gasteiger charge is 2.51. The molecule has 0 radical (unpaired) electrons. The van der Waals surface area contributed by atoms with Gasteiger partial charge in [-0.1, -0.05) is 47.7 Å². The number of benzene rings is 2. The Hall–Kier alpha value is -1.82. The van der Waals surface area contributed by atoms with Crippen LogP contribution in [-0.2, 0) is 10.2 Å². The number of hydrogen-bond donors (Lipinski definition) is 0. The summed E-state index contributed by atoms with van der Waals surface area (Å²) in [5.41, 5.74) is 3.39. The maximum atomic E-state index is 13.4. The number of nitrogens with zero attached hydrogens (tertiary/aromatic N) is 1. The molecule has 3 nitrogen and oxygen atoms in total. The third-order valence-electron chi connectivity index (χ3n) is 8.11. The Morgan fingerprint density at radius 3 is 2.47 bits per heavy atom. The number of hydrogen-bond acceptors (Lipinski definition) is 4. The van der Waals surface area contributed by atoms with Gasteiger partial charge in [0.05, 0.1) is 17.2 Å². The summed E-state index contributed by atoms with van der Waals surface area (Å²) in [5.74, 6) is 3.37. The van der Waals surface area contributed by atoms with Gasteiger partial charge in [-0.2, -0.15) is 0 Å². The van der Waals surface area contributed by atoms with Gasteiger partial charge in [0.2, 0.25) is 0 Å². The molecule has 0 spiro atoms. The molecule has 176 valence electrons. The summed E-state index contributed by atoms with van der Waals surface area (Å²) in [7, 11) is 0. The fourth-order valence-electron chi connectivity index (χ4n) is 7.19. The summed E-state index contributed by atoms with van der Waals surface area (Å²) in [6, 6.07) is 14.0. The van der Waals surface area contributed by atoms with E-state index >= 15 is 0 Å². The zero-order chi connectivity index (χ0) is 23.4. The molecule has 4 saturated carbocycles. The molecule has 5 fully saturated rings. The number of rotatable bonds is 5. The summed E-state index contributed by atoms with van der Waals surface area (Å²) in [5, 5.41) is 0.581. The van der Waals surface area contributed by atoms with Crippen molar-refractivity contribution in [2.75, 3.05) is 11.5 Å². The number of anilines is 1. The van der Waals surface area contributed by atoms with Crippen molar-refractivity contribution in [1.82, 2.24) is 0 Å². The molecule has 34 heavy (non-hydrogen) atoms. The zero-order valence-electron chi connectivity index (χ0n) is 19.3. The highest BCUT2D eigenvalue weighted by atomic mass is 35.5. The summed E-state index contributed by atoms with van der Waals surface area (Å²) in [6.45, 7) is 2.58. The van der Waals surface area contributed by atoms with Gasteiger partial charge < -0.3 is 4.74 Å². The van der Waals surface area contributed by atoms with Gasteiger partial charge in [0.1, 0.15) is 5.75 Å². The Labute approximate surface area is 215 Å². The average Bonchev–Trinajstić information content (AvgIpc) is 3.07. The van der Waals surface area contributed by atoms with Crippen molar-refractivity contribution in [1.29, 1.82) is 0 Å². The van der Waals surface area contributed by atoms with Crippen LogP contribution in [0.2, 0.25) is 5.02 Å².